The first-order chi connectivity index (χ1) is 7.97. The highest BCUT2D eigenvalue weighted by Gasteiger charge is 2.28. The molecule has 1 fully saturated rings. The molecular weight excluding hydrogens is 233 g/mol. The standard InChI is InChI=1S/C9H17F3N2O.C2H6/c1-14(5-6-15-9(10,11)12)7-8-3-2-4-13-8;1-2/h8,13H,2-7H2,1H3;1-2H3. The Kier molecular flexibility index (Phi) is 8.55. The van der Waals surface area contributed by atoms with Crippen molar-refractivity contribution in [3.05, 3.63) is 0 Å². The van der Waals surface area contributed by atoms with Gasteiger partial charge in [-0.1, -0.05) is 13.8 Å². The van der Waals surface area contributed by atoms with Crippen LogP contribution in [0.4, 0.5) is 13.2 Å². The van der Waals surface area contributed by atoms with Crippen molar-refractivity contribution in [3.8, 4) is 0 Å². The number of nitrogens with zero attached hydrogens (tertiary/aromatic N) is 1. The van der Waals surface area contributed by atoms with E-state index in [1.54, 1.807) is 7.05 Å². The molecule has 1 heterocycles. The Morgan fingerprint density at radius 2 is 2.00 bits per heavy atom. The highest BCUT2D eigenvalue weighted by molar-refractivity contribution is 4.76. The van der Waals surface area contributed by atoms with Crippen LogP contribution in [0, 0.1) is 0 Å². The van der Waals surface area contributed by atoms with Crippen LogP contribution >= 0.6 is 0 Å². The molecule has 6 heteroatoms. The summed E-state index contributed by atoms with van der Waals surface area (Å²) in [7, 11) is 1.81. The quantitative estimate of drug-likeness (QED) is 0.816. The molecule has 0 aliphatic carbocycles. The molecule has 1 rings (SSSR count). The van der Waals surface area contributed by atoms with E-state index in [-0.39, 0.29) is 6.61 Å². The summed E-state index contributed by atoms with van der Waals surface area (Å²) < 4.78 is 38.7. The van der Waals surface area contributed by atoms with Gasteiger partial charge in [-0.05, 0) is 26.4 Å². The summed E-state index contributed by atoms with van der Waals surface area (Å²) >= 11 is 0. The Morgan fingerprint density at radius 3 is 2.47 bits per heavy atom. The second-order valence-electron chi connectivity index (χ2n) is 3.85. The number of nitrogens with one attached hydrogen (secondary N) is 1. The number of rotatable bonds is 5. The molecule has 0 spiro atoms. The highest BCUT2D eigenvalue weighted by Crippen LogP contribution is 2.15. The lowest BCUT2D eigenvalue weighted by Crippen LogP contribution is -2.37. The van der Waals surface area contributed by atoms with Crippen LogP contribution in [0.1, 0.15) is 26.7 Å². The van der Waals surface area contributed by atoms with Gasteiger partial charge in [-0.15, -0.1) is 13.2 Å². The summed E-state index contributed by atoms with van der Waals surface area (Å²) in [6.07, 6.45) is -2.26. The van der Waals surface area contributed by atoms with Crippen molar-refractivity contribution in [1.29, 1.82) is 0 Å². The van der Waals surface area contributed by atoms with E-state index in [1.165, 1.54) is 0 Å². The zero-order chi connectivity index (χ0) is 13.3. The molecule has 0 aromatic carbocycles. The van der Waals surface area contributed by atoms with Crippen molar-refractivity contribution in [1.82, 2.24) is 10.2 Å². The minimum Gasteiger partial charge on any atom is -0.313 e. The van der Waals surface area contributed by atoms with Crippen LogP contribution in [0.15, 0.2) is 0 Å². The maximum atomic E-state index is 11.7. The van der Waals surface area contributed by atoms with Gasteiger partial charge in [0.15, 0.2) is 0 Å². The molecular formula is C11H23F3N2O. The molecule has 0 radical (unpaired) electrons. The van der Waals surface area contributed by atoms with Gasteiger partial charge < -0.3 is 10.2 Å². The molecule has 1 aliphatic heterocycles. The normalized spacial score (nSPS) is 20.3. The second kappa shape index (κ2) is 8.72. The number of hydrogen-bond acceptors (Lipinski definition) is 3. The lowest BCUT2D eigenvalue weighted by atomic mass is 10.2. The van der Waals surface area contributed by atoms with Gasteiger partial charge in [-0.2, -0.15) is 0 Å². The molecule has 17 heavy (non-hydrogen) atoms. The van der Waals surface area contributed by atoms with Crippen LogP contribution < -0.4 is 5.32 Å². The molecule has 104 valence electrons. The smallest absolute Gasteiger partial charge is 0.313 e. The van der Waals surface area contributed by atoms with Crippen LogP contribution in [0.2, 0.25) is 0 Å². The topological polar surface area (TPSA) is 24.5 Å². The third-order valence-electron chi connectivity index (χ3n) is 2.43. The first-order valence-corrected chi connectivity index (χ1v) is 6.10. The molecule has 1 saturated heterocycles. The van der Waals surface area contributed by atoms with E-state index in [9.17, 15) is 13.2 Å². The predicted molar refractivity (Wildman–Crippen MR) is 61.9 cm³/mol. The van der Waals surface area contributed by atoms with Crippen molar-refractivity contribution in [2.75, 3.05) is 33.3 Å². The summed E-state index contributed by atoms with van der Waals surface area (Å²) in [6, 6.07) is 0.417. The lowest BCUT2D eigenvalue weighted by molar-refractivity contribution is -0.324. The fraction of sp³-hybridized carbons (Fsp3) is 1.00. The van der Waals surface area contributed by atoms with Gasteiger partial charge in [0.2, 0.25) is 0 Å². The maximum Gasteiger partial charge on any atom is 0.522 e. The summed E-state index contributed by atoms with van der Waals surface area (Å²) in [4.78, 5) is 1.86. The van der Waals surface area contributed by atoms with Gasteiger partial charge in [-0.3, -0.25) is 4.74 Å². The second-order valence-corrected chi connectivity index (χ2v) is 3.85. The van der Waals surface area contributed by atoms with E-state index in [0.29, 0.717) is 12.6 Å². The average Bonchev–Trinajstić information content (AvgIpc) is 2.71. The Hall–Kier alpha value is -0.330. The zero-order valence-electron chi connectivity index (χ0n) is 10.8. The van der Waals surface area contributed by atoms with Gasteiger partial charge in [0, 0.05) is 19.1 Å². The fourth-order valence-corrected chi connectivity index (χ4v) is 1.70. The molecule has 0 amide bonds. The highest BCUT2D eigenvalue weighted by atomic mass is 19.4. The molecule has 0 aromatic heterocycles. The summed E-state index contributed by atoms with van der Waals surface area (Å²) in [6.45, 7) is 5.79. The van der Waals surface area contributed by atoms with Gasteiger partial charge in [0.1, 0.15) is 0 Å². The van der Waals surface area contributed by atoms with E-state index in [0.717, 1.165) is 25.9 Å². The SMILES string of the molecule is CC.CN(CCOC(F)(F)F)CC1CCCN1. The van der Waals surface area contributed by atoms with Crippen molar-refractivity contribution in [2.45, 2.75) is 39.1 Å². The zero-order valence-corrected chi connectivity index (χ0v) is 10.8. The largest absolute Gasteiger partial charge is 0.522 e. The number of ether oxygens (including phenoxy) is 1. The van der Waals surface area contributed by atoms with Crippen molar-refractivity contribution < 1.29 is 17.9 Å². The number of likely N-dealkylation sites (N-methyl/N-ethyl adjacent to an activating group) is 1. The Balaban J connectivity index is 0.00000121. The predicted octanol–water partition coefficient (Wildman–Crippen LogP) is 2.23. The molecule has 0 bridgehead atoms. The van der Waals surface area contributed by atoms with Gasteiger partial charge in [-0.25, -0.2) is 0 Å². The van der Waals surface area contributed by atoms with Crippen LogP contribution in [0.25, 0.3) is 0 Å². The number of hydrogen-bond donors (Lipinski definition) is 1. The van der Waals surface area contributed by atoms with E-state index < -0.39 is 6.36 Å². The maximum absolute atomic E-state index is 11.7. The minimum absolute atomic E-state index is 0.299. The third-order valence-corrected chi connectivity index (χ3v) is 2.43. The number of alkyl halides is 3. The first-order valence-electron chi connectivity index (χ1n) is 6.10. The molecule has 0 aromatic rings. The van der Waals surface area contributed by atoms with Crippen molar-refractivity contribution >= 4 is 0 Å². The van der Waals surface area contributed by atoms with Crippen LogP contribution in [-0.2, 0) is 4.74 Å². The Bertz CT molecular complexity index is 182. The van der Waals surface area contributed by atoms with Gasteiger partial charge >= 0.3 is 6.36 Å². The number of halogens is 3. The third kappa shape index (κ3) is 9.38. The van der Waals surface area contributed by atoms with Crippen molar-refractivity contribution in [3.63, 3.8) is 0 Å². The summed E-state index contributed by atoms with van der Waals surface area (Å²) in [5.41, 5.74) is 0. The molecule has 3 nitrogen and oxygen atoms in total. The summed E-state index contributed by atoms with van der Waals surface area (Å²) in [5.74, 6) is 0. The lowest BCUT2D eigenvalue weighted by Gasteiger charge is -2.21. The van der Waals surface area contributed by atoms with E-state index in [2.05, 4.69) is 10.1 Å². The molecule has 1 N–H and O–H groups in total. The Labute approximate surface area is 101 Å². The fourth-order valence-electron chi connectivity index (χ4n) is 1.70. The average molecular weight is 256 g/mol. The molecule has 1 unspecified atom stereocenters. The Morgan fingerprint density at radius 1 is 1.35 bits per heavy atom. The van der Waals surface area contributed by atoms with Crippen LogP contribution in [0.3, 0.4) is 0 Å². The van der Waals surface area contributed by atoms with E-state index >= 15 is 0 Å². The molecule has 1 atom stereocenters. The van der Waals surface area contributed by atoms with E-state index in [4.69, 9.17) is 0 Å². The monoisotopic (exact) mass is 256 g/mol. The van der Waals surface area contributed by atoms with Crippen LogP contribution in [-0.4, -0.2) is 50.6 Å². The molecule has 1 aliphatic rings. The van der Waals surface area contributed by atoms with E-state index in [1.807, 2.05) is 18.7 Å². The first kappa shape index (κ1) is 16.7. The minimum atomic E-state index is -4.51. The van der Waals surface area contributed by atoms with Crippen molar-refractivity contribution in [2.24, 2.45) is 0 Å². The van der Waals surface area contributed by atoms with Gasteiger partial charge in [0.25, 0.3) is 0 Å². The van der Waals surface area contributed by atoms with Gasteiger partial charge in [0.05, 0.1) is 6.61 Å². The summed E-state index contributed by atoms with van der Waals surface area (Å²) in [5, 5.41) is 3.29. The van der Waals surface area contributed by atoms with Crippen LogP contribution in [0.5, 0.6) is 0 Å². The molecule has 0 saturated carbocycles.